The zero-order chi connectivity index (χ0) is 12.7. The fourth-order valence-electron chi connectivity index (χ4n) is 2.56. The summed E-state index contributed by atoms with van der Waals surface area (Å²) in [6.07, 6.45) is -3.30. The van der Waals surface area contributed by atoms with Crippen molar-refractivity contribution in [1.29, 1.82) is 0 Å². The van der Waals surface area contributed by atoms with Gasteiger partial charge in [0.15, 0.2) is 0 Å². The molecule has 2 atom stereocenters. The summed E-state index contributed by atoms with van der Waals surface area (Å²) in [6.45, 7) is 2.81. The van der Waals surface area contributed by atoms with Crippen LogP contribution >= 0.6 is 0 Å². The van der Waals surface area contributed by atoms with E-state index in [0.717, 1.165) is 24.6 Å². The molecule has 1 aromatic rings. The van der Waals surface area contributed by atoms with Gasteiger partial charge in [-0.05, 0) is 31.0 Å². The molecule has 0 radical (unpaired) electrons. The van der Waals surface area contributed by atoms with Gasteiger partial charge in [-0.2, -0.15) is 13.2 Å². The van der Waals surface area contributed by atoms with Gasteiger partial charge in [-0.15, -0.1) is 0 Å². The van der Waals surface area contributed by atoms with Crippen LogP contribution in [0.2, 0.25) is 0 Å². The van der Waals surface area contributed by atoms with Crippen LogP contribution in [0.1, 0.15) is 24.5 Å². The van der Waals surface area contributed by atoms with Crippen LogP contribution < -0.4 is 5.32 Å². The predicted octanol–water partition coefficient (Wildman–Crippen LogP) is 3.20. The number of rotatable bonds is 3. The Balaban J connectivity index is 2.34. The highest BCUT2D eigenvalue weighted by molar-refractivity contribution is 5.37. The summed E-state index contributed by atoms with van der Waals surface area (Å²) < 4.78 is 37.9. The lowest BCUT2D eigenvalue weighted by Gasteiger charge is -2.18. The maximum absolute atomic E-state index is 12.6. The van der Waals surface area contributed by atoms with E-state index in [1.54, 1.807) is 6.07 Å². The summed E-state index contributed by atoms with van der Waals surface area (Å²) >= 11 is 0. The van der Waals surface area contributed by atoms with Gasteiger partial charge in [-0.25, -0.2) is 0 Å². The molecule has 1 saturated carbocycles. The van der Waals surface area contributed by atoms with Crippen LogP contribution in [0, 0.1) is 5.92 Å². The topological polar surface area (TPSA) is 12.0 Å². The van der Waals surface area contributed by atoms with Crippen molar-refractivity contribution in [1.82, 2.24) is 5.32 Å². The standard InChI is InChI=1S/C13H16F3N/c1-9-7-12(9,8-17-2)10-4-3-5-11(6-10)13(14,15)16/h3-6,9,17H,7-8H2,1-2H3. The summed E-state index contributed by atoms with van der Waals surface area (Å²) in [7, 11) is 1.83. The minimum Gasteiger partial charge on any atom is -0.319 e. The SMILES string of the molecule is CNCC1(c2cccc(C(F)(F)F)c2)CC1C. The maximum Gasteiger partial charge on any atom is 0.416 e. The Bertz CT molecular complexity index is 413. The Morgan fingerprint density at radius 3 is 2.53 bits per heavy atom. The molecule has 0 amide bonds. The van der Waals surface area contributed by atoms with Crippen molar-refractivity contribution in [3.05, 3.63) is 35.4 Å². The first-order valence-electron chi connectivity index (χ1n) is 5.72. The van der Waals surface area contributed by atoms with E-state index < -0.39 is 11.7 Å². The van der Waals surface area contributed by atoms with Gasteiger partial charge in [0.2, 0.25) is 0 Å². The number of likely N-dealkylation sites (N-methyl/N-ethyl adjacent to an activating group) is 1. The Morgan fingerprint density at radius 1 is 1.41 bits per heavy atom. The highest BCUT2D eigenvalue weighted by atomic mass is 19.4. The third-order valence-corrected chi connectivity index (χ3v) is 3.71. The third kappa shape index (κ3) is 2.18. The van der Waals surface area contributed by atoms with Crippen molar-refractivity contribution in [2.24, 2.45) is 5.92 Å². The van der Waals surface area contributed by atoms with Crippen molar-refractivity contribution in [2.75, 3.05) is 13.6 Å². The van der Waals surface area contributed by atoms with E-state index in [2.05, 4.69) is 12.2 Å². The molecule has 1 aliphatic rings. The molecule has 2 unspecified atom stereocenters. The van der Waals surface area contributed by atoms with Gasteiger partial charge in [0.1, 0.15) is 0 Å². The van der Waals surface area contributed by atoms with Gasteiger partial charge in [0, 0.05) is 12.0 Å². The lowest BCUT2D eigenvalue weighted by Crippen LogP contribution is -2.25. The van der Waals surface area contributed by atoms with E-state index >= 15 is 0 Å². The smallest absolute Gasteiger partial charge is 0.319 e. The molecule has 0 spiro atoms. The van der Waals surface area contributed by atoms with Crippen molar-refractivity contribution < 1.29 is 13.2 Å². The molecule has 4 heteroatoms. The van der Waals surface area contributed by atoms with Crippen molar-refractivity contribution in [3.8, 4) is 0 Å². The average Bonchev–Trinajstić information content (AvgIpc) is 2.90. The molecular weight excluding hydrogens is 227 g/mol. The second kappa shape index (κ2) is 4.02. The summed E-state index contributed by atoms with van der Waals surface area (Å²) in [5, 5.41) is 3.08. The van der Waals surface area contributed by atoms with Gasteiger partial charge >= 0.3 is 6.18 Å². The van der Waals surface area contributed by atoms with E-state index in [1.165, 1.54) is 12.1 Å². The summed E-state index contributed by atoms with van der Waals surface area (Å²) in [6, 6.07) is 5.72. The molecule has 0 aliphatic heterocycles. The highest BCUT2D eigenvalue weighted by Gasteiger charge is 2.52. The van der Waals surface area contributed by atoms with Crippen LogP contribution in [0.4, 0.5) is 13.2 Å². The lowest BCUT2D eigenvalue weighted by molar-refractivity contribution is -0.137. The number of benzene rings is 1. The Kier molecular flexibility index (Phi) is 2.94. The summed E-state index contributed by atoms with van der Waals surface area (Å²) in [5.41, 5.74) is 0.148. The molecule has 1 fully saturated rings. The summed E-state index contributed by atoms with van der Waals surface area (Å²) in [4.78, 5) is 0. The van der Waals surface area contributed by atoms with Crippen molar-refractivity contribution in [2.45, 2.75) is 24.9 Å². The number of nitrogens with one attached hydrogen (secondary N) is 1. The van der Waals surface area contributed by atoms with Gasteiger partial charge in [0.05, 0.1) is 5.56 Å². The monoisotopic (exact) mass is 243 g/mol. The fraction of sp³-hybridized carbons (Fsp3) is 0.538. The number of halogens is 3. The zero-order valence-corrected chi connectivity index (χ0v) is 9.93. The van der Waals surface area contributed by atoms with E-state index in [9.17, 15) is 13.2 Å². The zero-order valence-electron chi connectivity index (χ0n) is 9.93. The molecular formula is C13H16F3N. The molecule has 17 heavy (non-hydrogen) atoms. The highest BCUT2D eigenvalue weighted by Crippen LogP contribution is 2.54. The first-order valence-corrected chi connectivity index (χ1v) is 5.72. The van der Waals surface area contributed by atoms with E-state index in [1.807, 2.05) is 7.05 Å². The Hall–Kier alpha value is -1.03. The van der Waals surface area contributed by atoms with Crippen molar-refractivity contribution in [3.63, 3.8) is 0 Å². The van der Waals surface area contributed by atoms with Gasteiger partial charge < -0.3 is 5.32 Å². The summed E-state index contributed by atoms with van der Waals surface area (Å²) in [5.74, 6) is 0.443. The normalized spacial score (nSPS) is 28.2. The predicted molar refractivity (Wildman–Crippen MR) is 60.8 cm³/mol. The second-order valence-electron chi connectivity index (χ2n) is 4.87. The molecule has 0 saturated heterocycles. The largest absolute Gasteiger partial charge is 0.416 e. The first-order chi connectivity index (χ1) is 7.90. The maximum atomic E-state index is 12.6. The molecule has 0 bridgehead atoms. The molecule has 1 N–H and O–H groups in total. The third-order valence-electron chi connectivity index (χ3n) is 3.71. The Morgan fingerprint density at radius 2 is 2.06 bits per heavy atom. The fourth-order valence-corrected chi connectivity index (χ4v) is 2.56. The van der Waals surface area contributed by atoms with Gasteiger partial charge in [-0.1, -0.05) is 25.1 Å². The van der Waals surface area contributed by atoms with E-state index in [0.29, 0.717) is 5.92 Å². The van der Waals surface area contributed by atoms with Crippen LogP contribution in [-0.2, 0) is 11.6 Å². The molecule has 0 heterocycles. The van der Waals surface area contributed by atoms with Crippen LogP contribution in [0.25, 0.3) is 0 Å². The second-order valence-corrected chi connectivity index (χ2v) is 4.87. The molecule has 1 aliphatic carbocycles. The van der Waals surface area contributed by atoms with Gasteiger partial charge in [0.25, 0.3) is 0 Å². The van der Waals surface area contributed by atoms with Gasteiger partial charge in [-0.3, -0.25) is 0 Å². The molecule has 2 rings (SSSR count). The minimum atomic E-state index is -4.25. The molecule has 0 aromatic heterocycles. The Labute approximate surface area is 99.0 Å². The first kappa shape index (κ1) is 12.4. The van der Waals surface area contributed by atoms with Crippen LogP contribution in [0.5, 0.6) is 0 Å². The van der Waals surface area contributed by atoms with Crippen molar-refractivity contribution >= 4 is 0 Å². The molecule has 1 nitrogen and oxygen atoms in total. The van der Waals surface area contributed by atoms with E-state index in [-0.39, 0.29) is 5.41 Å². The van der Waals surface area contributed by atoms with Crippen LogP contribution in [0.15, 0.2) is 24.3 Å². The average molecular weight is 243 g/mol. The number of alkyl halides is 3. The lowest BCUT2D eigenvalue weighted by atomic mass is 9.92. The number of hydrogen-bond acceptors (Lipinski definition) is 1. The minimum absolute atomic E-state index is 0.101. The molecule has 1 aromatic carbocycles. The quantitative estimate of drug-likeness (QED) is 0.859. The molecule has 94 valence electrons. The van der Waals surface area contributed by atoms with E-state index in [4.69, 9.17) is 0 Å². The number of hydrogen-bond donors (Lipinski definition) is 1. The van der Waals surface area contributed by atoms with Crippen LogP contribution in [0.3, 0.4) is 0 Å². The van der Waals surface area contributed by atoms with Crippen LogP contribution in [-0.4, -0.2) is 13.6 Å².